The van der Waals surface area contributed by atoms with Gasteiger partial charge in [0.2, 0.25) is 5.91 Å². The lowest BCUT2D eigenvalue weighted by Crippen LogP contribution is -2.33. The fourth-order valence-electron chi connectivity index (χ4n) is 3.95. The number of hydrogen-bond acceptors (Lipinski definition) is 4. The molecule has 178 valence electrons. The van der Waals surface area contributed by atoms with Crippen LogP contribution in [-0.4, -0.2) is 36.8 Å². The van der Waals surface area contributed by atoms with Gasteiger partial charge in [0.15, 0.2) is 5.65 Å². The molecule has 0 atom stereocenters. The Labute approximate surface area is 196 Å². The normalized spacial score (nSPS) is 11.9. The number of alkyl halides is 3. The third-order valence-electron chi connectivity index (χ3n) is 5.68. The van der Waals surface area contributed by atoms with E-state index in [9.17, 15) is 22.8 Å². The van der Waals surface area contributed by atoms with Gasteiger partial charge < -0.3 is 10.3 Å². The molecule has 2 N–H and O–H groups in total. The van der Waals surface area contributed by atoms with E-state index in [1.54, 1.807) is 0 Å². The molecule has 0 saturated carbocycles. The first-order valence-corrected chi connectivity index (χ1v) is 10.7. The Morgan fingerprint density at radius 2 is 1.91 bits per heavy atom. The van der Waals surface area contributed by atoms with Crippen molar-refractivity contribution in [1.82, 2.24) is 29.6 Å². The van der Waals surface area contributed by atoms with Crippen molar-refractivity contribution in [2.75, 3.05) is 6.54 Å². The molecule has 2 aromatic carbocycles. The van der Waals surface area contributed by atoms with Crippen LogP contribution in [0.2, 0.25) is 0 Å². The smallest absolute Gasteiger partial charge is 0.361 e. The molecule has 1 amide bonds. The lowest BCUT2D eigenvalue weighted by Gasteiger charge is -2.10. The Morgan fingerprint density at radius 1 is 1.09 bits per heavy atom. The third-order valence-corrected chi connectivity index (χ3v) is 5.68. The van der Waals surface area contributed by atoms with Crippen LogP contribution in [0.25, 0.3) is 27.6 Å². The molecule has 3 heterocycles. The van der Waals surface area contributed by atoms with Crippen molar-refractivity contribution in [3.05, 3.63) is 88.7 Å². The number of para-hydroxylation sites is 1. The van der Waals surface area contributed by atoms with E-state index >= 15 is 0 Å². The second-order valence-corrected chi connectivity index (χ2v) is 7.98. The maximum Gasteiger partial charge on any atom is 0.416 e. The summed E-state index contributed by atoms with van der Waals surface area (Å²) in [4.78, 5) is 32.6. The number of amides is 1. The van der Waals surface area contributed by atoms with E-state index < -0.39 is 17.3 Å². The van der Waals surface area contributed by atoms with Crippen molar-refractivity contribution < 1.29 is 18.0 Å². The average Bonchev–Trinajstić information content (AvgIpc) is 3.45. The zero-order valence-corrected chi connectivity index (χ0v) is 18.2. The lowest BCUT2D eigenvalue weighted by atomic mass is 10.1. The minimum absolute atomic E-state index is 0.0940. The number of H-pyrrole nitrogens is 1. The third kappa shape index (κ3) is 4.39. The van der Waals surface area contributed by atoms with Gasteiger partial charge in [-0.15, -0.1) is 0 Å². The zero-order valence-electron chi connectivity index (χ0n) is 18.2. The van der Waals surface area contributed by atoms with Crippen LogP contribution in [0.4, 0.5) is 13.2 Å². The van der Waals surface area contributed by atoms with Gasteiger partial charge in [0.25, 0.3) is 5.56 Å². The summed E-state index contributed by atoms with van der Waals surface area (Å²) in [6.07, 6.45) is 0.430. The van der Waals surface area contributed by atoms with E-state index in [4.69, 9.17) is 0 Å². The van der Waals surface area contributed by atoms with Crippen LogP contribution in [0.5, 0.6) is 0 Å². The Bertz CT molecular complexity index is 1600. The molecule has 0 fully saturated rings. The topological polar surface area (TPSA) is 97.6 Å². The Kier molecular flexibility index (Phi) is 5.59. The van der Waals surface area contributed by atoms with Crippen LogP contribution in [0.3, 0.4) is 0 Å². The molecule has 5 rings (SSSR count). The van der Waals surface area contributed by atoms with Gasteiger partial charge in [0, 0.05) is 23.6 Å². The molecule has 0 spiro atoms. The van der Waals surface area contributed by atoms with Crippen LogP contribution in [-0.2, 0) is 23.9 Å². The molecule has 0 aliphatic carbocycles. The highest BCUT2D eigenvalue weighted by Gasteiger charge is 2.30. The van der Waals surface area contributed by atoms with E-state index in [1.807, 2.05) is 30.5 Å². The summed E-state index contributed by atoms with van der Waals surface area (Å²) >= 11 is 0. The highest BCUT2D eigenvalue weighted by atomic mass is 19.4. The van der Waals surface area contributed by atoms with Gasteiger partial charge in [-0.2, -0.15) is 18.3 Å². The zero-order chi connectivity index (χ0) is 24.6. The molecular weight excluding hydrogens is 461 g/mol. The molecule has 0 unspecified atom stereocenters. The van der Waals surface area contributed by atoms with Gasteiger partial charge in [0.1, 0.15) is 18.3 Å². The molecule has 0 radical (unpaired) electrons. The number of carbonyl (C=O) groups is 1. The number of benzene rings is 2. The second-order valence-electron chi connectivity index (χ2n) is 7.98. The summed E-state index contributed by atoms with van der Waals surface area (Å²) < 4.78 is 41.5. The number of nitrogens with zero attached hydrogens (tertiary/aromatic N) is 4. The second kappa shape index (κ2) is 8.75. The van der Waals surface area contributed by atoms with Crippen LogP contribution < -0.4 is 10.9 Å². The predicted octanol–water partition coefficient (Wildman–Crippen LogP) is 3.44. The van der Waals surface area contributed by atoms with Gasteiger partial charge in [-0.05, 0) is 36.2 Å². The fraction of sp³-hybridized carbons (Fsp3) is 0.167. The standard InChI is InChI=1S/C24H19F3N6O2/c25-24(26,27)16-4-3-5-17(10-16)33-22-19(12-31-33)23(35)32(14-30-22)13-21(34)28-9-8-15-11-29-20-7-2-1-6-18(15)20/h1-7,10-12,14,29H,8-9,13H2,(H,28,34). The SMILES string of the molecule is O=C(Cn1cnc2c(cnn2-c2cccc(C(F)(F)F)c2)c1=O)NCCc1c[nH]c2ccccc12. The molecule has 3 aromatic heterocycles. The van der Waals surface area contributed by atoms with Crippen LogP contribution in [0, 0.1) is 0 Å². The van der Waals surface area contributed by atoms with Gasteiger partial charge in [-0.1, -0.05) is 24.3 Å². The fourth-order valence-corrected chi connectivity index (χ4v) is 3.95. The highest BCUT2D eigenvalue weighted by molar-refractivity contribution is 5.83. The number of nitrogens with one attached hydrogen (secondary N) is 2. The molecule has 0 saturated heterocycles. The van der Waals surface area contributed by atoms with Crippen LogP contribution in [0.1, 0.15) is 11.1 Å². The van der Waals surface area contributed by atoms with Gasteiger partial charge in [0.05, 0.1) is 17.4 Å². The molecule has 35 heavy (non-hydrogen) atoms. The highest BCUT2D eigenvalue weighted by Crippen LogP contribution is 2.30. The van der Waals surface area contributed by atoms with Crippen LogP contribution in [0.15, 0.2) is 72.0 Å². The minimum atomic E-state index is -4.51. The van der Waals surface area contributed by atoms with Crippen LogP contribution >= 0.6 is 0 Å². The molecule has 8 nitrogen and oxygen atoms in total. The van der Waals surface area contributed by atoms with Crippen molar-refractivity contribution in [2.45, 2.75) is 19.1 Å². The number of carbonyl (C=O) groups excluding carboxylic acids is 1. The monoisotopic (exact) mass is 480 g/mol. The number of hydrogen-bond donors (Lipinski definition) is 2. The van der Waals surface area contributed by atoms with Gasteiger partial charge in [-0.3, -0.25) is 14.2 Å². The van der Waals surface area contributed by atoms with E-state index in [0.29, 0.717) is 13.0 Å². The largest absolute Gasteiger partial charge is 0.416 e. The van der Waals surface area contributed by atoms with Gasteiger partial charge >= 0.3 is 6.18 Å². The summed E-state index contributed by atoms with van der Waals surface area (Å²) in [5, 5.41) is 8.02. The van der Waals surface area contributed by atoms with Crippen molar-refractivity contribution in [3.8, 4) is 5.69 Å². The molecule has 11 heteroatoms. The maximum atomic E-state index is 13.1. The van der Waals surface area contributed by atoms with Gasteiger partial charge in [-0.25, -0.2) is 9.67 Å². The van der Waals surface area contributed by atoms with E-state index in [-0.39, 0.29) is 29.2 Å². The molecule has 0 bridgehead atoms. The maximum absolute atomic E-state index is 13.1. The summed E-state index contributed by atoms with van der Waals surface area (Å²) in [5.74, 6) is -0.363. The first-order chi connectivity index (χ1) is 16.8. The van der Waals surface area contributed by atoms with E-state index in [2.05, 4.69) is 20.4 Å². The Balaban J connectivity index is 1.29. The number of aromatic amines is 1. The summed E-state index contributed by atoms with van der Waals surface area (Å²) in [7, 11) is 0. The Hall–Kier alpha value is -4.41. The van der Waals surface area contributed by atoms with Crippen molar-refractivity contribution in [1.29, 1.82) is 0 Å². The number of rotatable bonds is 6. The predicted molar refractivity (Wildman–Crippen MR) is 123 cm³/mol. The summed E-state index contributed by atoms with van der Waals surface area (Å²) in [6.45, 7) is 0.142. The number of aromatic nitrogens is 5. The Morgan fingerprint density at radius 3 is 2.74 bits per heavy atom. The summed E-state index contributed by atoms with van der Waals surface area (Å²) in [5.41, 5.74) is 0.963. The molecule has 0 aliphatic rings. The first kappa shape index (κ1) is 22.4. The average molecular weight is 480 g/mol. The summed E-state index contributed by atoms with van der Waals surface area (Å²) in [6, 6.07) is 12.4. The molecular formula is C24H19F3N6O2. The van der Waals surface area contributed by atoms with Crippen molar-refractivity contribution in [3.63, 3.8) is 0 Å². The quantitative estimate of drug-likeness (QED) is 0.389. The number of fused-ring (bicyclic) bond motifs is 2. The minimum Gasteiger partial charge on any atom is -0.361 e. The molecule has 5 aromatic rings. The first-order valence-electron chi connectivity index (χ1n) is 10.7. The van der Waals surface area contributed by atoms with E-state index in [1.165, 1.54) is 24.7 Å². The van der Waals surface area contributed by atoms with E-state index in [0.717, 1.165) is 37.8 Å². The van der Waals surface area contributed by atoms with Crippen molar-refractivity contribution in [2.24, 2.45) is 0 Å². The van der Waals surface area contributed by atoms with Crippen molar-refractivity contribution >= 4 is 27.8 Å². The lowest BCUT2D eigenvalue weighted by molar-refractivity contribution is -0.137. The molecule has 0 aliphatic heterocycles. The number of halogens is 3.